The molecule has 1 atom stereocenters. The third kappa shape index (κ3) is 8.81. The predicted octanol–water partition coefficient (Wildman–Crippen LogP) is 2.46. The summed E-state index contributed by atoms with van der Waals surface area (Å²) in [7, 11) is -3.46. The Bertz CT molecular complexity index is 1120. The van der Waals surface area contributed by atoms with Crippen molar-refractivity contribution in [1.29, 1.82) is 0 Å². The largest absolute Gasteiger partial charge is 0.445 e. The van der Waals surface area contributed by atoms with Gasteiger partial charge in [-0.3, -0.25) is 4.79 Å². The number of sulfonamides is 1. The maximum absolute atomic E-state index is 13.3. The van der Waals surface area contributed by atoms with Gasteiger partial charge < -0.3 is 25.8 Å². The van der Waals surface area contributed by atoms with E-state index in [-0.39, 0.29) is 38.0 Å². The number of nitrogens with zero attached hydrogens (tertiary/aromatic N) is 1. The van der Waals surface area contributed by atoms with E-state index in [1.54, 1.807) is 18.2 Å². The van der Waals surface area contributed by atoms with Gasteiger partial charge in [-0.25, -0.2) is 17.5 Å². The van der Waals surface area contributed by atoms with Crippen LogP contribution in [0, 0.1) is 5.92 Å². The summed E-state index contributed by atoms with van der Waals surface area (Å²) in [5.41, 5.74) is 7.95. The molecule has 4 N–H and O–H groups in total. The topological polar surface area (TPSA) is 140 Å². The van der Waals surface area contributed by atoms with Gasteiger partial charge in [-0.05, 0) is 48.9 Å². The minimum atomic E-state index is -3.46. The first-order valence-corrected chi connectivity index (χ1v) is 14.1. The van der Waals surface area contributed by atoms with E-state index in [0.29, 0.717) is 31.7 Å². The fraction of sp³-hybridized carbons (Fsp3) is 0.462. The summed E-state index contributed by atoms with van der Waals surface area (Å²) < 4.78 is 37.2. The number of ether oxygens (including phenoxy) is 2. The third-order valence-corrected chi connectivity index (χ3v) is 8.09. The Morgan fingerprint density at radius 2 is 1.78 bits per heavy atom. The predicted molar refractivity (Wildman–Crippen MR) is 141 cm³/mol. The molecule has 0 bridgehead atoms. The number of carbonyl (C=O) groups is 2. The minimum Gasteiger partial charge on any atom is -0.445 e. The van der Waals surface area contributed by atoms with Crippen LogP contribution in [0.2, 0.25) is 0 Å². The Morgan fingerprint density at radius 1 is 1.08 bits per heavy atom. The summed E-state index contributed by atoms with van der Waals surface area (Å²) in [6.45, 7) is 3.31. The zero-order valence-corrected chi connectivity index (χ0v) is 21.9. The van der Waals surface area contributed by atoms with Gasteiger partial charge in [0.05, 0.1) is 12.4 Å². The fourth-order valence-corrected chi connectivity index (χ4v) is 5.56. The van der Waals surface area contributed by atoms with Gasteiger partial charge in [0.15, 0.2) is 0 Å². The molecule has 0 spiro atoms. The average Bonchev–Trinajstić information content (AvgIpc) is 2.91. The van der Waals surface area contributed by atoms with Crippen molar-refractivity contribution in [3.63, 3.8) is 0 Å². The van der Waals surface area contributed by atoms with Crippen LogP contribution in [0.5, 0.6) is 0 Å². The van der Waals surface area contributed by atoms with Crippen molar-refractivity contribution in [2.24, 2.45) is 11.7 Å². The zero-order valence-electron chi connectivity index (χ0n) is 21.1. The molecule has 0 aromatic heterocycles. The molecule has 10 nitrogen and oxygen atoms in total. The molecule has 3 rings (SSSR count). The number of rotatable bonds is 12. The monoisotopic (exact) mass is 532 g/mol. The molecule has 202 valence electrons. The Balaban J connectivity index is 1.67. The number of benzene rings is 2. The average molecular weight is 533 g/mol. The maximum atomic E-state index is 13.3. The van der Waals surface area contributed by atoms with Gasteiger partial charge in [-0.2, -0.15) is 0 Å². The second kappa shape index (κ2) is 14.1. The van der Waals surface area contributed by atoms with Crippen LogP contribution in [0.1, 0.15) is 30.9 Å². The minimum absolute atomic E-state index is 0.0656. The highest BCUT2D eigenvalue weighted by Gasteiger charge is 2.36. The SMILES string of the molecule is CCOCCS(=O)(=O)N1CCC([C@H](NC(=O)OCc2ccccc2)C(=O)Nc2cccc(CN)c2)CC1. The number of carbonyl (C=O) groups excluding carboxylic acids is 2. The summed E-state index contributed by atoms with van der Waals surface area (Å²) in [5, 5.41) is 5.57. The molecule has 1 heterocycles. The van der Waals surface area contributed by atoms with Crippen LogP contribution in [0.4, 0.5) is 10.5 Å². The first-order valence-electron chi connectivity index (χ1n) is 12.4. The molecule has 0 unspecified atom stereocenters. The van der Waals surface area contributed by atoms with Crippen LogP contribution in [0.3, 0.4) is 0 Å². The summed E-state index contributed by atoms with van der Waals surface area (Å²) in [5.74, 6) is -0.763. The highest BCUT2D eigenvalue weighted by Crippen LogP contribution is 2.24. The number of nitrogens with two attached hydrogens (primary N) is 1. The van der Waals surface area contributed by atoms with Crippen molar-refractivity contribution in [3.8, 4) is 0 Å². The molecule has 1 saturated heterocycles. The molecule has 0 saturated carbocycles. The standard InChI is InChI=1S/C26H36N4O6S/c1-2-35-15-16-37(33,34)30-13-11-22(12-14-30)24(25(31)28-23-10-6-9-21(17-23)18-27)29-26(32)36-19-20-7-4-3-5-8-20/h3-10,17,22,24H,2,11-16,18-19,27H2,1H3,(H,28,31)(H,29,32)/t24-/m0/s1. The second-order valence-electron chi connectivity index (χ2n) is 8.83. The zero-order chi connectivity index (χ0) is 26.7. The van der Waals surface area contributed by atoms with Crippen molar-refractivity contribution in [2.45, 2.75) is 39.0 Å². The number of alkyl carbamates (subject to hydrolysis) is 1. The van der Waals surface area contributed by atoms with E-state index >= 15 is 0 Å². The second-order valence-corrected chi connectivity index (χ2v) is 10.9. The summed E-state index contributed by atoms with van der Waals surface area (Å²) in [4.78, 5) is 26.0. The van der Waals surface area contributed by atoms with Crippen molar-refractivity contribution in [2.75, 3.05) is 37.4 Å². The van der Waals surface area contributed by atoms with Gasteiger partial charge >= 0.3 is 6.09 Å². The number of anilines is 1. The molecular formula is C26H36N4O6S. The van der Waals surface area contributed by atoms with Crippen molar-refractivity contribution < 1.29 is 27.5 Å². The van der Waals surface area contributed by atoms with Crippen molar-refractivity contribution >= 4 is 27.7 Å². The van der Waals surface area contributed by atoms with Gasteiger partial charge in [0.2, 0.25) is 15.9 Å². The van der Waals surface area contributed by atoms with Crippen LogP contribution in [-0.2, 0) is 37.4 Å². The molecule has 0 radical (unpaired) electrons. The lowest BCUT2D eigenvalue weighted by molar-refractivity contribution is -0.119. The lowest BCUT2D eigenvalue weighted by atomic mass is 9.89. The smallest absolute Gasteiger partial charge is 0.408 e. The molecule has 37 heavy (non-hydrogen) atoms. The fourth-order valence-electron chi connectivity index (χ4n) is 4.21. The summed E-state index contributed by atoms with van der Waals surface area (Å²) in [6.07, 6.45) is 0.105. The van der Waals surface area contributed by atoms with E-state index in [0.717, 1.165) is 11.1 Å². The maximum Gasteiger partial charge on any atom is 0.408 e. The van der Waals surface area contributed by atoms with Gasteiger partial charge in [0.1, 0.15) is 12.6 Å². The first kappa shape index (κ1) is 28.6. The van der Waals surface area contributed by atoms with E-state index in [9.17, 15) is 18.0 Å². The molecule has 2 aromatic carbocycles. The van der Waals surface area contributed by atoms with Gasteiger partial charge in [0.25, 0.3) is 0 Å². The summed E-state index contributed by atoms with van der Waals surface area (Å²) >= 11 is 0. The highest BCUT2D eigenvalue weighted by atomic mass is 32.2. The van der Waals surface area contributed by atoms with Crippen molar-refractivity contribution in [1.82, 2.24) is 9.62 Å². The number of amides is 2. The molecule has 2 amide bonds. The Kier molecular flexibility index (Phi) is 10.9. The van der Waals surface area contributed by atoms with Crippen LogP contribution in [-0.4, -0.2) is 62.8 Å². The molecule has 0 aliphatic carbocycles. The number of piperidine rings is 1. The van der Waals surface area contributed by atoms with E-state index in [4.69, 9.17) is 15.2 Å². The molecular weight excluding hydrogens is 496 g/mol. The Labute approximate surface area is 218 Å². The molecule has 2 aromatic rings. The van der Waals surface area contributed by atoms with Gasteiger partial charge in [-0.1, -0.05) is 42.5 Å². The Morgan fingerprint density at radius 3 is 2.46 bits per heavy atom. The third-order valence-electron chi connectivity index (χ3n) is 6.25. The first-order chi connectivity index (χ1) is 17.8. The van der Waals surface area contributed by atoms with Gasteiger partial charge in [0, 0.05) is 31.9 Å². The molecule has 11 heteroatoms. The Hall–Kier alpha value is -2.99. The van der Waals surface area contributed by atoms with Crippen LogP contribution in [0.15, 0.2) is 54.6 Å². The summed E-state index contributed by atoms with van der Waals surface area (Å²) in [6, 6.07) is 15.5. The number of hydrogen-bond acceptors (Lipinski definition) is 7. The van der Waals surface area contributed by atoms with E-state index < -0.39 is 28.1 Å². The number of hydrogen-bond donors (Lipinski definition) is 3. The van der Waals surface area contributed by atoms with E-state index in [1.807, 2.05) is 43.3 Å². The lowest BCUT2D eigenvalue weighted by Crippen LogP contribution is -2.52. The van der Waals surface area contributed by atoms with Crippen LogP contribution in [0.25, 0.3) is 0 Å². The van der Waals surface area contributed by atoms with Crippen LogP contribution >= 0.6 is 0 Å². The molecule has 1 aliphatic rings. The van der Waals surface area contributed by atoms with Gasteiger partial charge in [-0.15, -0.1) is 0 Å². The quantitative estimate of drug-likeness (QED) is 0.357. The van der Waals surface area contributed by atoms with E-state index in [2.05, 4.69) is 10.6 Å². The van der Waals surface area contributed by atoms with E-state index in [1.165, 1.54) is 4.31 Å². The lowest BCUT2D eigenvalue weighted by Gasteiger charge is -2.35. The van der Waals surface area contributed by atoms with Crippen molar-refractivity contribution in [3.05, 3.63) is 65.7 Å². The van der Waals surface area contributed by atoms with Crippen LogP contribution < -0.4 is 16.4 Å². The molecule has 1 fully saturated rings. The highest BCUT2D eigenvalue weighted by molar-refractivity contribution is 7.89. The number of nitrogens with one attached hydrogen (secondary N) is 2. The molecule has 1 aliphatic heterocycles. The normalized spacial score (nSPS) is 15.6.